The van der Waals surface area contributed by atoms with E-state index in [9.17, 15) is 19.2 Å². The zero-order chi connectivity index (χ0) is 36.7. The van der Waals surface area contributed by atoms with Crippen LogP contribution in [-0.4, -0.2) is 61.0 Å². The number of nitrogens with zero attached hydrogens (tertiary/aromatic N) is 3. The maximum absolute atomic E-state index is 13.3. The first-order valence-corrected chi connectivity index (χ1v) is 17.1. The Morgan fingerprint density at radius 3 is 2.39 bits per heavy atom. The standard InChI is InChI=1S/C38H44N6O7/c1-5-41-29-20-31-27(15-22(29)3)37(28-16-23(4)30(42-6-2)21-32(28)50-31)26-17-24(18-35(47)49-14-8-7-13-43-38(39)40)9-10-25(26)19-36(48)51-44-33(45)11-12-34(44)46/h9-10,15-17,20-21,41H,5-8,11-14,18-19H2,1-4H3,(H4,39,40,43). The van der Waals surface area contributed by atoms with E-state index in [0.29, 0.717) is 65.6 Å². The highest BCUT2D eigenvalue weighted by Crippen LogP contribution is 2.43. The fraction of sp³-hybridized carbons (Fsp3) is 0.368. The Morgan fingerprint density at radius 2 is 1.69 bits per heavy atom. The van der Waals surface area contributed by atoms with Gasteiger partial charge in [-0.25, -0.2) is 4.79 Å². The number of unbranched alkanes of at least 4 members (excludes halogenated alkanes) is 1. The molecule has 13 nitrogen and oxygen atoms in total. The van der Waals surface area contributed by atoms with Gasteiger partial charge in [-0.05, 0) is 80.5 Å². The lowest BCUT2D eigenvalue weighted by molar-refractivity contribution is -0.197. The number of carbonyl (C=O) groups excluding carboxylic acids is 4. The van der Waals surface area contributed by atoms with Crippen molar-refractivity contribution in [2.45, 2.75) is 66.2 Å². The summed E-state index contributed by atoms with van der Waals surface area (Å²) in [5, 5.41) is 5.53. The molecule has 2 aromatic carbocycles. The van der Waals surface area contributed by atoms with Crippen LogP contribution in [0.25, 0.3) is 33.4 Å². The number of nitrogens with one attached hydrogen (secondary N) is 1. The molecule has 5 N–H and O–H groups in total. The molecule has 0 saturated carbocycles. The monoisotopic (exact) mass is 696 g/mol. The molecular formula is C38H44N6O7. The van der Waals surface area contributed by atoms with Crippen LogP contribution >= 0.6 is 0 Å². The quantitative estimate of drug-likeness (QED) is 0.0423. The van der Waals surface area contributed by atoms with Crippen LogP contribution in [-0.2, 0) is 41.6 Å². The third-order valence-electron chi connectivity index (χ3n) is 8.51. The van der Waals surface area contributed by atoms with E-state index in [1.54, 1.807) is 12.1 Å². The van der Waals surface area contributed by atoms with E-state index in [-0.39, 0.29) is 38.2 Å². The number of hydroxylamine groups is 2. The highest BCUT2D eigenvalue weighted by Gasteiger charge is 2.33. The van der Waals surface area contributed by atoms with E-state index >= 15 is 0 Å². The number of fused-ring (bicyclic) bond motifs is 2. The van der Waals surface area contributed by atoms with Crippen LogP contribution in [0.3, 0.4) is 0 Å². The van der Waals surface area contributed by atoms with E-state index in [0.717, 1.165) is 38.7 Å². The summed E-state index contributed by atoms with van der Waals surface area (Å²) in [7, 11) is 0. The smallest absolute Gasteiger partial charge is 0.337 e. The Morgan fingerprint density at radius 1 is 0.922 bits per heavy atom. The molecule has 268 valence electrons. The van der Waals surface area contributed by atoms with E-state index in [4.69, 9.17) is 25.5 Å². The van der Waals surface area contributed by atoms with Crippen molar-refractivity contribution in [3.63, 3.8) is 0 Å². The molecule has 2 heterocycles. The molecule has 0 unspecified atom stereocenters. The number of nitrogens with two attached hydrogens (primary N) is 2. The van der Waals surface area contributed by atoms with Crippen molar-refractivity contribution in [3.05, 3.63) is 70.1 Å². The molecule has 0 atom stereocenters. The lowest BCUT2D eigenvalue weighted by Crippen LogP contribution is -2.32. The van der Waals surface area contributed by atoms with Crippen molar-refractivity contribution in [1.29, 1.82) is 0 Å². The minimum Gasteiger partial charge on any atom is -0.465 e. The van der Waals surface area contributed by atoms with Crippen LogP contribution in [0, 0.1) is 13.8 Å². The van der Waals surface area contributed by atoms with E-state index in [1.807, 2.05) is 58.0 Å². The maximum atomic E-state index is 13.3. The fourth-order valence-electron chi connectivity index (χ4n) is 6.09. The number of guanidine groups is 1. The fourth-order valence-corrected chi connectivity index (χ4v) is 6.09. The average Bonchev–Trinajstić information content (AvgIpc) is 3.39. The first-order chi connectivity index (χ1) is 24.5. The minimum atomic E-state index is -0.771. The number of aliphatic imine (C=N–C) groups is 1. The van der Waals surface area contributed by atoms with Gasteiger partial charge in [0.2, 0.25) is 0 Å². The molecule has 1 fully saturated rings. The number of rotatable bonds is 14. The molecule has 13 heteroatoms. The number of anilines is 1. The lowest BCUT2D eigenvalue weighted by Gasteiger charge is -2.21. The highest BCUT2D eigenvalue weighted by molar-refractivity contribution is 6.05. The Hall–Kier alpha value is -5.72. The van der Waals surface area contributed by atoms with Crippen molar-refractivity contribution in [3.8, 4) is 22.5 Å². The molecule has 2 amide bonds. The number of amides is 2. The summed E-state index contributed by atoms with van der Waals surface area (Å²) in [5.74, 6) is -1.69. The van der Waals surface area contributed by atoms with Gasteiger partial charge >= 0.3 is 11.9 Å². The molecular weight excluding hydrogens is 652 g/mol. The van der Waals surface area contributed by atoms with E-state index in [2.05, 4.69) is 15.3 Å². The second kappa shape index (κ2) is 16.3. The molecule has 1 saturated heterocycles. The topological polar surface area (TPSA) is 192 Å². The SMILES string of the molecule is CCN=c1cc2oc3cc(NCC)c(C)cc3c(-c3cc(CC(=O)OCCCCN=C(N)N)ccc3CC(=O)ON3C(=O)CCC3=O)c-2cc1C. The summed E-state index contributed by atoms with van der Waals surface area (Å²) in [4.78, 5) is 64.6. The largest absolute Gasteiger partial charge is 0.465 e. The normalized spacial score (nSPS) is 13.3. The summed E-state index contributed by atoms with van der Waals surface area (Å²) in [6.45, 7) is 9.95. The molecule has 51 heavy (non-hydrogen) atoms. The lowest BCUT2D eigenvalue weighted by atomic mass is 9.87. The van der Waals surface area contributed by atoms with E-state index in [1.165, 1.54) is 0 Å². The first kappa shape index (κ1) is 36.6. The second-order valence-electron chi connectivity index (χ2n) is 12.4. The van der Waals surface area contributed by atoms with Gasteiger partial charge in [0.1, 0.15) is 11.3 Å². The molecule has 1 aliphatic carbocycles. The molecule has 2 aliphatic heterocycles. The molecule has 2 aromatic rings. The molecule has 0 aromatic heterocycles. The van der Waals surface area contributed by atoms with Crippen LogP contribution in [0.1, 0.15) is 61.8 Å². The van der Waals surface area contributed by atoms with E-state index < -0.39 is 23.8 Å². The van der Waals surface area contributed by atoms with Gasteiger partial charge in [-0.1, -0.05) is 18.2 Å². The van der Waals surface area contributed by atoms with Gasteiger partial charge in [0.05, 0.1) is 24.8 Å². The predicted molar refractivity (Wildman–Crippen MR) is 193 cm³/mol. The number of hydrogen-bond donors (Lipinski definition) is 3. The Kier molecular flexibility index (Phi) is 11.7. The number of benzene rings is 3. The van der Waals surface area contributed by atoms with Gasteiger partial charge in [-0.3, -0.25) is 24.4 Å². The van der Waals surface area contributed by atoms with Crippen molar-refractivity contribution in [1.82, 2.24) is 5.06 Å². The molecule has 0 bridgehead atoms. The second-order valence-corrected chi connectivity index (χ2v) is 12.4. The Balaban J connectivity index is 1.62. The van der Waals surface area contributed by atoms with Gasteiger partial charge in [-0.2, -0.15) is 0 Å². The summed E-state index contributed by atoms with van der Waals surface area (Å²) in [6.07, 6.45) is 0.974. The zero-order valence-corrected chi connectivity index (χ0v) is 29.5. The molecule has 0 radical (unpaired) electrons. The van der Waals surface area contributed by atoms with Crippen LogP contribution < -0.4 is 22.1 Å². The third kappa shape index (κ3) is 8.72. The maximum Gasteiger partial charge on any atom is 0.337 e. The summed E-state index contributed by atoms with van der Waals surface area (Å²) in [5.41, 5.74) is 17.7. The summed E-state index contributed by atoms with van der Waals surface area (Å²) >= 11 is 0. The van der Waals surface area contributed by atoms with Gasteiger partial charge in [0, 0.05) is 66.8 Å². The predicted octanol–water partition coefficient (Wildman–Crippen LogP) is 4.46. The number of ether oxygens (including phenoxy) is 1. The molecule has 5 rings (SSSR count). The number of carbonyl (C=O) groups is 4. The number of esters is 1. The zero-order valence-electron chi connectivity index (χ0n) is 29.5. The average molecular weight is 697 g/mol. The minimum absolute atomic E-state index is 0.0101. The van der Waals surface area contributed by atoms with Crippen molar-refractivity contribution < 1.29 is 33.2 Å². The van der Waals surface area contributed by atoms with Gasteiger partial charge in [-0.15, -0.1) is 5.06 Å². The van der Waals surface area contributed by atoms with Crippen LogP contribution in [0.4, 0.5) is 5.69 Å². The van der Waals surface area contributed by atoms with Crippen LogP contribution in [0.15, 0.2) is 56.9 Å². The number of aryl methyl sites for hydroxylation is 2. The van der Waals surface area contributed by atoms with Crippen LogP contribution in [0.5, 0.6) is 0 Å². The summed E-state index contributed by atoms with van der Waals surface area (Å²) in [6, 6.07) is 13.3. The van der Waals surface area contributed by atoms with Gasteiger partial charge < -0.3 is 30.8 Å². The Bertz CT molecular complexity index is 2030. The number of imide groups is 1. The van der Waals surface area contributed by atoms with Crippen molar-refractivity contribution in [2.24, 2.45) is 21.5 Å². The number of hydrogen-bond acceptors (Lipinski definition) is 10. The molecule has 3 aliphatic rings. The molecule has 0 spiro atoms. The third-order valence-corrected chi connectivity index (χ3v) is 8.51. The van der Waals surface area contributed by atoms with Gasteiger partial charge in [0.15, 0.2) is 5.96 Å². The van der Waals surface area contributed by atoms with Gasteiger partial charge in [0.25, 0.3) is 11.8 Å². The van der Waals surface area contributed by atoms with Crippen LogP contribution in [0.2, 0.25) is 0 Å². The Labute approximate surface area is 296 Å². The van der Waals surface area contributed by atoms with Crippen molar-refractivity contribution in [2.75, 3.05) is 31.6 Å². The first-order valence-electron chi connectivity index (χ1n) is 17.1. The highest BCUT2D eigenvalue weighted by atomic mass is 16.7. The summed E-state index contributed by atoms with van der Waals surface area (Å²) < 4.78 is 12.0. The van der Waals surface area contributed by atoms with Crippen molar-refractivity contribution >= 4 is 46.4 Å².